The first-order chi connectivity index (χ1) is 7.13. The maximum absolute atomic E-state index is 5.59. The Labute approximate surface area is 92.8 Å². The van der Waals surface area contributed by atoms with E-state index in [0.717, 1.165) is 12.3 Å². The lowest BCUT2D eigenvalue weighted by Gasteiger charge is -2.17. The van der Waals surface area contributed by atoms with E-state index in [-0.39, 0.29) is 6.04 Å². The second-order valence-electron chi connectivity index (χ2n) is 4.60. The number of aryl methyl sites for hydroxylation is 1. The summed E-state index contributed by atoms with van der Waals surface area (Å²) in [6.07, 6.45) is 2.29. The van der Waals surface area contributed by atoms with Gasteiger partial charge in [0.25, 0.3) is 0 Å². The molecule has 1 rings (SSSR count). The third-order valence-corrected chi connectivity index (χ3v) is 2.68. The average molecular weight is 206 g/mol. The summed E-state index contributed by atoms with van der Waals surface area (Å²) in [5.74, 6) is 6.32. The number of hydrogen-bond acceptors (Lipinski definition) is 2. The van der Waals surface area contributed by atoms with E-state index in [1.165, 1.54) is 17.5 Å². The number of benzene rings is 1. The molecule has 1 aromatic rings. The number of nitrogens with two attached hydrogens (primary N) is 1. The van der Waals surface area contributed by atoms with Gasteiger partial charge in [-0.2, -0.15) is 0 Å². The van der Waals surface area contributed by atoms with Crippen LogP contribution in [-0.2, 0) is 0 Å². The predicted octanol–water partition coefficient (Wildman–Crippen LogP) is 2.94. The largest absolute Gasteiger partial charge is 0.271 e. The first-order valence-corrected chi connectivity index (χ1v) is 5.66. The van der Waals surface area contributed by atoms with Crippen LogP contribution in [0, 0.1) is 12.8 Å². The van der Waals surface area contributed by atoms with Crippen molar-refractivity contribution < 1.29 is 0 Å². The maximum atomic E-state index is 5.59. The number of hydrogen-bond donors (Lipinski definition) is 2. The number of rotatable bonds is 5. The van der Waals surface area contributed by atoms with Crippen LogP contribution < -0.4 is 11.3 Å². The lowest BCUT2D eigenvalue weighted by Crippen LogP contribution is -2.28. The van der Waals surface area contributed by atoms with Crippen LogP contribution in [0.4, 0.5) is 0 Å². The molecule has 0 radical (unpaired) electrons. The fourth-order valence-corrected chi connectivity index (χ4v) is 1.73. The Morgan fingerprint density at radius 1 is 1.27 bits per heavy atom. The molecule has 0 saturated carbocycles. The highest BCUT2D eigenvalue weighted by atomic mass is 15.2. The van der Waals surface area contributed by atoms with E-state index in [1.807, 2.05) is 0 Å². The molecule has 0 fully saturated rings. The summed E-state index contributed by atoms with van der Waals surface area (Å²) in [6.45, 7) is 6.59. The van der Waals surface area contributed by atoms with Gasteiger partial charge in [0.1, 0.15) is 0 Å². The van der Waals surface area contributed by atoms with Gasteiger partial charge < -0.3 is 0 Å². The van der Waals surface area contributed by atoms with Gasteiger partial charge in [-0.15, -0.1) is 0 Å². The van der Waals surface area contributed by atoms with Gasteiger partial charge >= 0.3 is 0 Å². The van der Waals surface area contributed by atoms with Crippen molar-refractivity contribution in [2.24, 2.45) is 11.8 Å². The molecule has 3 N–H and O–H groups in total. The first-order valence-electron chi connectivity index (χ1n) is 5.66. The van der Waals surface area contributed by atoms with Gasteiger partial charge in [-0.1, -0.05) is 43.7 Å². The van der Waals surface area contributed by atoms with Crippen molar-refractivity contribution in [1.82, 2.24) is 5.43 Å². The number of nitrogens with one attached hydrogen (secondary N) is 1. The van der Waals surface area contributed by atoms with Crippen LogP contribution in [0.3, 0.4) is 0 Å². The summed E-state index contributed by atoms with van der Waals surface area (Å²) in [4.78, 5) is 0. The molecule has 0 amide bonds. The molecule has 0 saturated heterocycles. The topological polar surface area (TPSA) is 38.0 Å². The molecular formula is C13H22N2. The molecule has 2 nitrogen and oxygen atoms in total. The van der Waals surface area contributed by atoms with Crippen LogP contribution in [0.2, 0.25) is 0 Å². The van der Waals surface area contributed by atoms with E-state index in [0.29, 0.717) is 0 Å². The van der Waals surface area contributed by atoms with E-state index in [1.54, 1.807) is 0 Å². The summed E-state index contributed by atoms with van der Waals surface area (Å²) in [5.41, 5.74) is 5.48. The van der Waals surface area contributed by atoms with E-state index < -0.39 is 0 Å². The summed E-state index contributed by atoms with van der Waals surface area (Å²) >= 11 is 0. The van der Waals surface area contributed by atoms with E-state index in [2.05, 4.69) is 50.5 Å². The highest BCUT2D eigenvalue weighted by Gasteiger charge is 2.09. The second kappa shape index (κ2) is 5.89. The molecule has 0 spiro atoms. The van der Waals surface area contributed by atoms with Crippen molar-refractivity contribution >= 4 is 0 Å². The molecule has 84 valence electrons. The van der Waals surface area contributed by atoms with Gasteiger partial charge in [0.2, 0.25) is 0 Å². The van der Waals surface area contributed by atoms with Crippen LogP contribution >= 0.6 is 0 Å². The average Bonchev–Trinajstić information content (AvgIpc) is 2.18. The number of hydrazine groups is 1. The van der Waals surface area contributed by atoms with Gasteiger partial charge in [-0.05, 0) is 31.2 Å². The summed E-state index contributed by atoms with van der Waals surface area (Å²) in [6, 6.07) is 8.82. The highest BCUT2D eigenvalue weighted by molar-refractivity contribution is 5.24. The SMILES string of the molecule is Cc1cccc(C(CCC(C)C)NN)c1. The molecule has 15 heavy (non-hydrogen) atoms. The molecule has 1 atom stereocenters. The van der Waals surface area contributed by atoms with Gasteiger partial charge in [0.15, 0.2) is 0 Å². The molecule has 2 heteroatoms. The minimum Gasteiger partial charge on any atom is -0.271 e. The molecule has 1 unspecified atom stereocenters. The molecular weight excluding hydrogens is 184 g/mol. The Kier molecular flexibility index (Phi) is 4.79. The van der Waals surface area contributed by atoms with Crippen molar-refractivity contribution in [3.8, 4) is 0 Å². The molecule has 0 aliphatic heterocycles. The summed E-state index contributed by atoms with van der Waals surface area (Å²) in [5, 5.41) is 0. The third kappa shape index (κ3) is 4.02. The lowest BCUT2D eigenvalue weighted by molar-refractivity contribution is 0.448. The standard InChI is InChI=1S/C13H22N2/c1-10(2)7-8-13(15-14)12-6-4-5-11(3)9-12/h4-6,9-10,13,15H,7-8,14H2,1-3H3. The van der Waals surface area contributed by atoms with Crippen LogP contribution in [0.15, 0.2) is 24.3 Å². The van der Waals surface area contributed by atoms with Gasteiger partial charge in [0, 0.05) is 6.04 Å². The molecule has 0 aromatic heterocycles. The fourth-order valence-electron chi connectivity index (χ4n) is 1.73. The maximum Gasteiger partial charge on any atom is 0.0460 e. The van der Waals surface area contributed by atoms with Crippen molar-refractivity contribution in [2.75, 3.05) is 0 Å². The quantitative estimate of drug-likeness (QED) is 0.574. The smallest absolute Gasteiger partial charge is 0.0460 e. The Balaban J connectivity index is 2.65. The first kappa shape index (κ1) is 12.2. The Hall–Kier alpha value is -0.860. The molecule has 0 bridgehead atoms. The fraction of sp³-hybridized carbons (Fsp3) is 0.538. The Bertz CT molecular complexity index is 294. The summed E-state index contributed by atoms with van der Waals surface area (Å²) in [7, 11) is 0. The minimum absolute atomic E-state index is 0.285. The van der Waals surface area contributed by atoms with Crippen LogP contribution in [0.1, 0.15) is 43.9 Å². The van der Waals surface area contributed by atoms with Gasteiger partial charge in [-0.25, -0.2) is 0 Å². The Morgan fingerprint density at radius 2 is 2.00 bits per heavy atom. The zero-order chi connectivity index (χ0) is 11.3. The van der Waals surface area contributed by atoms with Crippen molar-refractivity contribution in [1.29, 1.82) is 0 Å². The van der Waals surface area contributed by atoms with Crippen LogP contribution in [-0.4, -0.2) is 0 Å². The van der Waals surface area contributed by atoms with Crippen molar-refractivity contribution in [2.45, 2.75) is 39.7 Å². The van der Waals surface area contributed by atoms with E-state index in [9.17, 15) is 0 Å². The van der Waals surface area contributed by atoms with Gasteiger partial charge in [0.05, 0.1) is 0 Å². The van der Waals surface area contributed by atoms with Crippen LogP contribution in [0.25, 0.3) is 0 Å². The summed E-state index contributed by atoms with van der Waals surface area (Å²) < 4.78 is 0. The second-order valence-corrected chi connectivity index (χ2v) is 4.60. The molecule has 1 aromatic carbocycles. The van der Waals surface area contributed by atoms with Crippen molar-refractivity contribution in [3.05, 3.63) is 35.4 Å². The normalized spacial score (nSPS) is 13.1. The van der Waals surface area contributed by atoms with E-state index in [4.69, 9.17) is 5.84 Å². The van der Waals surface area contributed by atoms with Gasteiger partial charge in [-0.3, -0.25) is 11.3 Å². The third-order valence-electron chi connectivity index (χ3n) is 2.68. The van der Waals surface area contributed by atoms with Crippen molar-refractivity contribution in [3.63, 3.8) is 0 Å². The lowest BCUT2D eigenvalue weighted by atomic mass is 9.97. The minimum atomic E-state index is 0.285. The zero-order valence-corrected chi connectivity index (χ0v) is 9.96. The molecule has 0 aliphatic rings. The predicted molar refractivity (Wildman–Crippen MR) is 65.3 cm³/mol. The zero-order valence-electron chi connectivity index (χ0n) is 9.96. The van der Waals surface area contributed by atoms with Crippen LogP contribution in [0.5, 0.6) is 0 Å². The monoisotopic (exact) mass is 206 g/mol. The molecule has 0 heterocycles. The van der Waals surface area contributed by atoms with E-state index >= 15 is 0 Å². The highest BCUT2D eigenvalue weighted by Crippen LogP contribution is 2.20. The molecule has 0 aliphatic carbocycles. The Morgan fingerprint density at radius 3 is 2.53 bits per heavy atom.